The third-order valence-electron chi connectivity index (χ3n) is 5.61. The Morgan fingerprint density at radius 3 is 2.76 bits per heavy atom. The van der Waals surface area contributed by atoms with Gasteiger partial charge in [0.15, 0.2) is 0 Å². The molecule has 0 heterocycles. The van der Waals surface area contributed by atoms with Crippen LogP contribution < -0.4 is 5.32 Å². The second-order valence-corrected chi connectivity index (χ2v) is 7.61. The average molecular weight is 306 g/mol. The van der Waals surface area contributed by atoms with Crippen molar-refractivity contribution >= 4 is 11.6 Å². The number of benzene rings is 1. The number of halogens is 1. The minimum absolute atomic E-state index is 0.612. The van der Waals surface area contributed by atoms with Crippen LogP contribution in [0, 0.1) is 24.7 Å². The predicted molar refractivity (Wildman–Crippen MR) is 90.9 cm³/mol. The van der Waals surface area contributed by atoms with E-state index in [-0.39, 0.29) is 0 Å². The fourth-order valence-corrected chi connectivity index (χ4v) is 4.86. The van der Waals surface area contributed by atoms with Crippen molar-refractivity contribution in [1.29, 1.82) is 0 Å². The van der Waals surface area contributed by atoms with Gasteiger partial charge < -0.3 is 5.32 Å². The summed E-state index contributed by atoms with van der Waals surface area (Å²) in [4.78, 5) is 0. The van der Waals surface area contributed by atoms with E-state index in [9.17, 15) is 0 Å². The molecular formula is C19H28ClN. The van der Waals surface area contributed by atoms with Crippen LogP contribution in [-0.2, 0) is 6.42 Å². The van der Waals surface area contributed by atoms with Gasteiger partial charge in [-0.25, -0.2) is 0 Å². The largest absolute Gasteiger partial charge is 0.313 e. The summed E-state index contributed by atoms with van der Waals surface area (Å²) in [5.41, 5.74) is 2.57. The lowest BCUT2D eigenvalue weighted by Gasteiger charge is -2.32. The minimum Gasteiger partial charge on any atom is -0.313 e. The molecule has 2 bridgehead atoms. The number of hydrogen-bond acceptors (Lipinski definition) is 1. The Labute approximate surface area is 134 Å². The highest BCUT2D eigenvalue weighted by Crippen LogP contribution is 2.50. The van der Waals surface area contributed by atoms with E-state index in [1.54, 1.807) is 0 Å². The minimum atomic E-state index is 0.612. The van der Waals surface area contributed by atoms with E-state index in [1.807, 2.05) is 0 Å². The first-order chi connectivity index (χ1) is 10.2. The van der Waals surface area contributed by atoms with Crippen molar-refractivity contribution in [3.63, 3.8) is 0 Å². The molecule has 2 saturated carbocycles. The fourth-order valence-electron chi connectivity index (χ4n) is 4.55. The van der Waals surface area contributed by atoms with Crippen molar-refractivity contribution in [2.24, 2.45) is 17.8 Å². The number of hydrogen-bond donors (Lipinski definition) is 1. The summed E-state index contributed by atoms with van der Waals surface area (Å²) in [7, 11) is 0. The summed E-state index contributed by atoms with van der Waals surface area (Å²) >= 11 is 6.47. The molecule has 4 unspecified atom stereocenters. The van der Waals surface area contributed by atoms with Gasteiger partial charge in [0.1, 0.15) is 0 Å². The first-order valence-corrected chi connectivity index (χ1v) is 9.03. The number of nitrogens with one attached hydrogen (secondary N) is 1. The highest BCUT2D eigenvalue weighted by molar-refractivity contribution is 6.31. The zero-order chi connectivity index (χ0) is 14.8. The van der Waals surface area contributed by atoms with Crippen LogP contribution in [0.5, 0.6) is 0 Å². The van der Waals surface area contributed by atoms with Crippen molar-refractivity contribution in [3.8, 4) is 0 Å². The van der Waals surface area contributed by atoms with Gasteiger partial charge in [-0.05, 0) is 80.5 Å². The summed E-state index contributed by atoms with van der Waals surface area (Å²) < 4.78 is 0. The molecule has 1 N–H and O–H groups in total. The molecule has 0 amide bonds. The van der Waals surface area contributed by atoms with Crippen LogP contribution in [0.2, 0.25) is 5.02 Å². The first-order valence-electron chi connectivity index (χ1n) is 8.65. The van der Waals surface area contributed by atoms with Gasteiger partial charge in [-0.2, -0.15) is 0 Å². The van der Waals surface area contributed by atoms with E-state index in [4.69, 9.17) is 11.6 Å². The van der Waals surface area contributed by atoms with Crippen LogP contribution in [0.4, 0.5) is 0 Å². The number of aryl methyl sites for hydroxylation is 1. The van der Waals surface area contributed by atoms with Gasteiger partial charge in [-0.3, -0.25) is 0 Å². The molecule has 0 aromatic heterocycles. The Bertz CT molecular complexity index is 484. The molecule has 0 saturated heterocycles. The van der Waals surface area contributed by atoms with Crippen LogP contribution in [-0.4, -0.2) is 12.6 Å². The maximum atomic E-state index is 6.47. The summed E-state index contributed by atoms with van der Waals surface area (Å²) in [6, 6.07) is 7.14. The molecule has 21 heavy (non-hydrogen) atoms. The van der Waals surface area contributed by atoms with E-state index < -0.39 is 0 Å². The molecule has 2 aliphatic carbocycles. The third-order valence-corrected chi connectivity index (χ3v) is 5.97. The molecule has 0 spiro atoms. The smallest absolute Gasteiger partial charge is 0.0441 e. The standard InChI is InChI=1S/C19H28ClN/c1-3-8-21-19(17-11-14-5-7-15(17)10-14)12-16-6-4-13(2)9-18(16)20/h4,6,9,14-15,17,19,21H,3,5,7-8,10-12H2,1-2H3. The monoisotopic (exact) mass is 305 g/mol. The summed E-state index contributed by atoms with van der Waals surface area (Å²) in [6.45, 7) is 5.49. The van der Waals surface area contributed by atoms with Gasteiger partial charge in [0.05, 0.1) is 0 Å². The molecule has 0 radical (unpaired) electrons. The molecule has 1 aromatic carbocycles. The number of rotatable bonds is 6. The SMILES string of the molecule is CCCNC(Cc1ccc(C)cc1Cl)C1CC2CCC1C2. The maximum absolute atomic E-state index is 6.47. The quantitative estimate of drug-likeness (QED) is 0.780. The molecule has 1 nitrogen and oxygen atoms in total. The van der Waals surface area contributed by atoms with Crippen molar-refractivity contribution < 1.29 is 0 Å². The summed E-state index contributed by atoms with van der Waals surface area (Å²) in [6.07, 6.45) is 8.16. The second-order valence-electron chi connectivity index (χ2n) is 7.20. The van der Waals surface area contributed by atoms with E-state index in [0.717, 1.165) is 35.7 Å². The Hall–Kier alpha value is -0.530. The van der Waals surface area contributed by atoms with Crippen LogP contribution in [0.1, 0.15) is 50.2 Å². The van der Waals surface area contributed by atoms with Crippen LogP contribution in [0.3, 0.4) is 0 Å². The molecule has 0 aliphatic heterocycles. The highest BCUT2D eigenvalue weighted by atomic mass is 35.5. The van der Waals surface area contributed by atoms with Crippen molar-refractivity contribution in [1.82, 2.24) is 5.32 Å². The van der Waals surface area contributed by atoms with Crippen LogP contribution >= 0.6 is 11.6 Å². The van der Waals surface area contributed by atoms with Gasteiger partial charge in [-0.1, -0.05) is 37.1 Å². The Balaban J connectivity index is 1.73. The molecule has 4 atom stereocenters. The van der Waals surface area contributed by atoms with E-state index in [0.29, 0.717) is 6.04 Å². The Morgan fingerprint density at radius 1 is 1.29 bits per heavy atom. The molecule has 1 aromatic rings. The average Bonchev–Trinajstić information content (AvgIpc) is 3.08. The third kappa shape index (κ3) is 3.46. The van der Waals surface area contributed by atoms with E-state index >= 15 is 0 Å². The van der Waals surface area contributed by atoms with E-state index in [2.05, 4.69) is 37.4 Å². The van der Waals surface area contributed by atoms with Crippen molar-refractivity contribution in [2.75, 3.05) is 6.54 Å². The van der Waals surface area contributed by atoms with Gasteiger partial charge in [0, 0.05) is 11.1 Å². The maximum Gasteiger partial charge on any atom is 0.0441 e. The van der Waals surface area contributed by atoms with Gasteiger partial charge in [0.2, 0.25) is 0 Å². The molecular weight excluding hydrogens is 278 g/mol. The lowest BCUT2D eigenvalue weighted by Crippen LogP contribution is -2.40. The fraction of sp³-hybridized carbons (Fsp3) is 0.684. The topological polar surface area (TPSA) is 12.0 Å². The second kappa shape index (κ2) is 6.71. The molecule has 3 rings (SSSR count). The number of fused-ring (bicyclic) bond motifs is 2. The van der Waals surface area contributed by atoms with Gasteiger partial charge in [-0.15, -0.1) is 0 Å². The zero-order valence-corrected chi connectivity index (χ0v) is 14.1. The molecule has 2 heteroatoms. The first kappa shape index (κ1) is 15.4. The van der Waals surface area contributed by atoms with Crippen LogP contribution in [0.15, 0.2) is 18.2 Å². The Morgan fingerprint density at radius 2 is 2.14 bits per heavy atom. The van der Waals surface area contributed by atoms with Gasteiger partial charge >= 0.3 is 0 Å². The predicted octanol–water partition coefficient (Wildman–Crippen LogP) is 5.00. The zero-order valence-electron chi connectivity index (χ0n) is 13.4. The van der Waals surface area contributed by atoms with Crippen LogP contribution in [0.25, 0.3) is 0 Å². The lowest BCUT2D eigenvalue weighted by atomic mass is 9.81. The van der Waals surface area contributed by atoms with Crippen molar-refractivity contribution in [3.05, 3.63) is 34.3 Å². The molecule has 2 fully saturated rings. The van der Waals surface area contributed by atoms with Crippen molar-refractivity contribution in [2.45, 2.75) is 58.4 Å². The summed E-state index contributed by atoms with van der Waals surface area (Å²) in [5.74, 6) is 2.85. The lowest BCUT2D eigenvalue weighted by molar-refractivity contribution is 0.247. The molecule has 116 valence electrons. The summed E-state index contributed by atoms with van der Waals surface area (Å²) in [5, 5.41) is 4.77. The molecule has 2 aliphatic rings. The van der Waals surface area contributed by atoms with Gasteiger partial charge in [0.25, 0.3) is 0 Å². The highest BCUT2D eigenvalue weighted by Gasteiger charge is 2.42. The normalized spacial score (nSPS) is 29.0. The Kier molecular flexibility index (Phi) is 4.91. The van der Waals surface area contributed by atoms with E-state index in [1.165, 1.54) is 43.2 Å².